The van der Waals surface area contributed by atoms with E-state index in [1.165, 1.54) is 6.08 Å². The highest BCUT2D eigenvalue weighted by Crippen LogP contribution is 2.66. The number of carbonyl (C=O) groups is 1. The zero-order chi connectivity index (χ0) is 16.0. The van der Waals surface area contributed by atoms with Crippen molar-refractivity contribution in [3.05, 3.63) is 42.0 Å². The summed E-state index contributed by atoms with van der Waals surface area (Å²) in [6.07, 6.45) is 4.37. The van der Waals surface area contributed by atoms with Crippen LogP contribution in [0.4, 0.5) is 0 Å². The lowest BCUT2D eigenvalue weighted by Gasteiger charge is -2.38. The van der Waals surface area contributed by atoms with Crippen molar-refractivity contribution < 1.29 is 14.6 Å². The lowest BCUT2D eigenvalue weighted by Crippen LogP contribution is -2.39. The van der Waals surface area contributed by atoms with E-state index >= 15 is 0 Å². The van der Waals surface area contributed by atoms with E-state index in [4.69, 9.17) is 4.74 Å². The van der Waals surface area contributed by atoms with Crippen molar-refractivity contribution in [3.8, 4) is 0 Å². The minimum atomic E-state index is -0.298. The Morgan fingerprint density at radius 1 is 1.27 bits per heavy atom. The molecule has 0 aromatic heterocycles. The molecule has 2 saturated carbocycles. The third-order valence-corrected chi connectivity index (χ3v) is 6.15. The Morgan fingerprint density at radius 3 is 2.50 bits per heavy atom. The number of hydrogen-bond acceptors (Lipinski definition) is 3. The summed E-state index contributed by atoms with van der Waals surface area (Å²) >= 11 is 0. The van der Waals surface area contributed by atoms with Crippen LogP contribution in [0.3, 0.4) is 0 Å². The summed E-state index contributed by atoms with van der Waals surface area (Å²) in [7, 11) is 0. The van der Waals surface area contributed by atoms with Crippen molar-refractivity contribution in [3.63, 3.8) is 0 Å². The van der Waals surface area contributed by atoms with Crippen LogP contribution < -0.4 is 0 Å². The van der Waals surface area contributed by atoms with Crippen molar-refractivity contribution in [1.82, 2.24) is 0 Å². The van der Waals surface area contributed by atoms with Crippen molar-refractivity contribution in [2.75, 3.05) is 0 Å². The Bertz CT molecular complexity index is 590. The quantitative estimate of drug-likeness (QED) is 0.687. The number of benzene rings is 1. The highest BCUT2D eigenvalue weighted by molar-refractivity contribution is 5.87. The lowest BCUT2D eigenvalue weighted by molar-refractivity contribution is -0.151. The Kier molecular flexibility index (Phi) is 3.64. The maximum Gasteiger partial charge on any atom is 0.331 e. The van der Waals surface area contributed by atoms with E-state index in [1.54, 1.807) is 6.08 Å². The highest BCUT2D eigenvalue weighted by atomic mass is 16.5. The maximum absolute atomic E-state index is 12.1. The molecule has 0 spiro atoms. The predicted octanol–water partition coefficient (Wildman–Crippen LogP) is 3.43. The fourth-order valence-corrected chi connectivity index (χ4v) is 4.32. The second-order valence-electron chi connectivity index (χ2n) is 7.42. The summed E-state index contributed by atoms with van der Waals surface area (Å²) in [5, 5.41) is 10.2. The van der Waals surface area contributed by atoms with Gasteiger partial charge in [-0.25, -0.2) is 4.79 Å². The van der Waals surface area contributed by atoms with Crippen LogP contribution >= 0.6 is 0 Å². The van der Waals surface area contributed by atoms with Gasteiger partial charge in [-0.15, -0.1) is 0 Å². The van der Waals surface area contributed by atoms with Gasteiger partial charge in [0.05, 0.1) is 6.10 Å². The largest absolute Gasteiger partial charge is 0.459 e. The molecule has 118 valence electrons. The molecule has 2 aliphatic carbocycles. The molecule has 0 saturated heterocycles. The van der Waals surface area contributed by atoms with E-state index in [-0.39, 0.29) is 34.9 Å². The zero-order valence-corrected chi connectivity index (χ0v) is 13.5. The first kappa shape index (κ1) is 15.3. The fourth-order valence-electron chi connectivity index (χ4n) is 4.32. The van der Waals surface area contributed by atoms with Gasteiger partial charge in [0.25, 0.3) is 0 Å². The average molecular weight is 300 g/mol. The van der Waals surface area contributed by atoms with Crippen LogP contribution in [0.1, 0.15) is 39.2 Å². The van der Waals surface area contributed by atoms with Gasteiger partial charge in [0.15, 0.2) is 0 Å². The van der Waals surface area contributed by atoms with Crippen LogP contribution in [0.25, 0.3) is 6.08 Å². The molecule has 1 aromatic rings. The second kappa shape index (κ2) is 5.24. The van der Waals surface area contributed by atoms with Crippen LogP contribution in [-0.2, 0) is 9.53 Å². The molecular weight excluding hydrogens is 276 g/mol. The second-order valence-corrected chi connectivity index (χ2v) is 7.42. The van der Waals surface area contributed by atoms with Gasteiger partial charge in [-0.3, -0.25) is 0 Å². The van der Waals surface area contributed by atoms with E-state index in [9.17, 15) is 9.90 Å². The molecule has 0 amide bonds. The molecular formula is C19H24O3. The van der Waals surface area contributed by atoms with Crippen LogP contribution in [0.2, 0.25) is 0 Å². The number of aliphatic hydroxyl groups is 1. The van der Waals surface area contributed by atoms with Crippen molar-refractivity contribution in [2.45, 2.75) is 45.8 Å². The molecule has 4 atom stereocenters. The van der Waals surface area contributed by atoms with Gasteiger partial charge in [-0.05, 0) is 35.8 Å². The third kappa shape index (κ3) is 2.28. The number of aliphatic hydroxyl groups excluding tert-OH is 1. The third-order valence-electron chi connectivity index (χ3n) is 6.15. The van der Waals surface area contributed by atoms with Crippen molar-refractivity contribution in [2.24, 2.45) is 16.7 Å². The van der Waals surface area contributed by atoms with E-state index in [2.05, 4.69) is 20.8 Å². The zero-order valence-electron chi connectivity index (χ0n) is 13.5. The predicted molar refractivity (Wildman–Crippen MR) is 86.0 cm³/mol. The molecule has 0 heterocycles. The summed E-state index contributed by atoms with van der Waals surface area (Å²) in [4.78, 5) is 12.1. The van der Waals surface area contributed by atoms with Gasteiger partial charge in [-0.2, -0.15) is 0 Å². The molecule has 3 nitrogen and oxygen atoms in total. The number of hydrogen-bond donors (Lipinski definition) is 1. The number of rotatable bonds is 3. The lowest BCUT2D eigenvalue weighted by atomic mass is 9.70. The Morgan fingerprint density at radius 2 is 1.95 bits per heavy atom. The number of esters is 1. The topological polar surface area (TPSA) is 46.5 Å². The molecule has 2 fully saturated rings. The molecule has 22 heavy (non-hydrogen) atoms. The minimum Gasteiger partial charge on any atom is -0.459 e. The van der Waals surface area contributed by atoms with Crippen molar-refractivity contribution in [1.29, 1.82) is 0 Å². The summed E-state index contributed by atoms with van der Waals surface area (Å²) in [6, 6.07) is 9.71. The standard InChI is InChI=1S/C19H24O3/c1-18(2)14-11-16(19(18,3)12-15(14)20)22-17(21)10-9-13-7-5-4-6-8-13/h4-10,14-16,20H,11-12H2,1-3H3/b10-9+/t14-,15+,16-,19-/m1/s1. The number of ether oxygens (including phenoxy) is 1. The van der Waals surface area contributed by atoms with E-state index in [1.807, 2.05) is 30.3 Å². The van der Waals surface area contributed by atoms with Gasteiger partial charge < -0.3 is 9.84 Å². The van der Waals surface area contributed by atoms with Crippen molar-refractivity contribution >= 4 is 12.0 Å². The molecule has 0 aliphatic heterocycles. The van der Waals surface area contributed by atoms with Crippen LogP contribution in [-0.4, -0.2) is 23.3 Å². The van der Waals surface area contributed by atoms with Gasteiger partial charge in [-0.1, -0.05) is 51.1 Å². The molecule has 1 aromatic carbocycles. The van der Waals surface area contributed by atoms with Gasteiger partial charge >= 0.3 is 5.97 Å². The summed E-state index contributed by atoms with van der Waals surface area (Å²) in [5.74, 6) is -0.0821. The molecule has 3 rings (SSSR count). The van der Waals surface area contributed by atoms with Gasteiger partial charge in [0.1, 0.15) is 6.10 Å². The Hall–Kier alpha value is -1.61. The maximum atomic E-state index is 12.1. The van der Waals surface area contributed by atoms with Gasteiger partial charge in [0.2, 0.25) is 0 Å². The first-order chi connectivity index (χ1) is 10.3. The molecule has 1 N–H and O–H groups in total. The minimum absolute atomic E-state index is 0.000504. The van der Waals surface area contributed by atoms with Gasteiger partial charge in [0, 0.05) is 11.5 Å². The normalized spacial score (nSPS) is 35.9. The summed E-state index contributed by atoms with van der Waals surface area (Å²) in [6.45, 7) is 6.51. The molecule has 2 bridgehead atoms. The average Bonchev–Trinajstić information content (AvgIpc) is 2.76. The molecule has 0 unspecified atom stereocenters. The molecule has 3 heteroatoms. The number of fused-ring (bicyclic) bond motifs is 2. The monoisotopic (exact) mass is 300 g/mol. The van der Waals surface area contributed by atoms with Crippen LogP contribution in [0.15, 0.2) is 36.4 Å². The smallest absolute Gasteiger partial charge is 0.331 e. The summed E-state index contributed by atoms with van der Waals surface area (Å²) in [5.41, 5.74) is 0.836. The van der Waals surface area contributed by atoms with E-state index in [0.717, 1.165) is 12.0 Å². The Labute approximate surface area is 132 Å². The first-order valence-electron chi connectivity index (χ1n) is 7.96. The number of carbonyl (C=O) groups excluding carboxylic acids is 1. The van der Waals surface area contributed by atoms with E-state index in [0.29, 0.717) is 6.42 Å². The van der Waals surface area contributed by atoms with Crippen LogP contribution in [0.5, 0.6) is 0 Å². The molecule has 0 radical (unpaired) electrons. The van der Waals surface area contributed by atoms with E-state index < -0.39 is 0 Å². The highest BCUT2D eigenvalue weighted by Gasteiger charge is 2.66. The Balaban J connectivity index is 1.68. The van der Waals surface area contributed by atoms with Crippen LogP contribution in [0, 0.1) is 16.7 Å². The fraction of sp³-hybridized carbons (Fsp3) is 0.526. The molecule has 2 aliphatic rings. The first-order valence-corrected chi connectivity index (χ1v) is 7.96. The SMILES string of the molecule is CC1(C)[C@@H]2C[C@@H](OC(=O)/C=C/c3ccccc3)[C@@]1(C)C[C@@H]2O. The summed E-state index contributed by atoms with van der Waals surface area (Å²) < 4.78 is 5.72.